The van der Waals surface area contributed by atoms with Crippen LogP contribution in [0.3, 0.4) is 0 Å². The zero-order chi connectivity index (χ0) is 14.4. The number of amides is 1. The number of hydrogen-bond donors (Lipinski definition) is 1. The molecule has 2 nitrogen and oxygen atoms in total. The summed E-state index contributed by atoms with van der Waals surface area (Å²) in [6, 6.07) is 13.6. The van der Waals surface area contributed by atoms with Crippen molar-refractivity contribution in [1.29, 1.82) is 0 Å². The van der Waals surface area contributed by atoms with Crippen LogP contribution in [0, 0.1) is 5.82 Å². The first kappa shape index (κ1) is 14.5. The molecule has 0 aliphatic rings. The number of hydrogen-bond acceptors (Lipinski definition) is 1. The molecule has 2 aromatic carbocycles. The van der Waals surface area contributed by atoms with E-state index in [4.69, 9.17) is 11.6 Å². The standard InChI is InChI=1S/C16H15ClFNO/c17-14-7-4-12(5-8-14)6-9-16(20)19-11-13-2-1-3-15(18)10-13/h1-5,7-8,10H,6,9,11H2,(H,19,20). The Balaban J connectivity index is 1.77. The summed E-state index contributed by atoms with van der Waals surface area (Å²) in [6.45, 7) is 0.344. The second-order valence-electron chi connectivity index (χ2n) is 4.53. The van der Waals surface area contributed by atoms with Gasteiger partial charge in [-0.2, -0.15) is 0 Å². The van der Waals surface area contributed by atoms with Crippen LogP contribution in [-0.2, 0) is 17.8 Å². The van der Waals surface area contributed by atoms with Crippen molar-refractivity contribution in [2.75, 3.05) is 0 Å². The van der Waals surface area contributed by atoms with E-state index in [1.54, 1.807) is 12.1 Å². The lowest BCUT2D eigenvalue weighted by molar-refractivity contribution is -0.121. The van der Waals surface area contributed by atoms with Crippen molar-refractivity contribution in [2.45, 2.75) is 19.4 Å². The fourth-order valence-corrected chi connectivity index (χ4v) is 1.97. The Labute approximate surface area is 122 Å². The number of carbonyl (C=O) groups is 1. The van der Waals surface area contributed by atoms with Crippen LogP contribution in [0.2, 0.25) is 5.02 Å². The number of halogens is 2. The Morgan fingerprint density at radius 2 is 1.85 bits per heavy atom. The summed E-state index contributed by atoms with van der Waals surface area (Å²) in [5.41, 5.74) is 1.82. The van der Waals surface area contributed by atoms with E-state index in [2.05, 4.69) is 5.32 Å². The van der Waals surface area contributed by atoms with Crippen LogP contribution in [0.5, 0.6) is 0 Å². The molecule has 0 aliphatic carbocycles. The highest BCUT2D eigenvalue weighted by Crippen LogP contribution is 2.11. The van der Waals surface area contributed by atoms with Gasteiger partial charge in [0.05, 0.1) is 0 Å². The minimum Gasteiger partial charge on any atom is -0.352 e. The molecule has 0 atom stereocenters. The van der Waals surface area contributed by atoms with Gasteiger partial charge in [-0.3, -0.25) is 4.79 Å². The van der Waals surface area contributed by atoms with Crippen molar-refractivity contribution in [3.05, 3.63) is 70.5 Å². The van der Waals surface area contributed by atoms with E-state index in [1.165, 1.54) is 12.1 Å². The third-order valence-electron chi connectivity index (χ3n) is 2.93. The number of benzene rings is 2. The summed E-state index contributed by atoms with van der Waals surface area (Å²) in [6.07, 6.45) is 1.06. The Morgan fingerprint density at radius 3 is 2.55 bits per heavy atom. The summed E-state index contributed by atoms with van der Waals surface area (Å²) in [7, 11) is 0. The SMILES string of the molecule is O=C(CCc1ccc(Cl)cc1)NCc1cccc(F)c1. The third kappa shape index (κ3) is 4.67. The fraction of sp³-hybridized carbons (Fsp3) is 0.188. The molecule has 0 unspecified atom stereocenters. The molecule has 0 aromatic heterocycles. The molecule has 0 saturated carbocycles. The molecule has 2 rings (SSSR count). The van der Waals surface area contributed by atoms with Crippen LogP contribution < -0.4 is 5.32 Å². The van der Waals surface area contributed by atoms with E-state index < -0.39 is 0 Å². The number of rotatable bonds is 5. The molecular weight excluding hydrogens is 277 g/mol. The summed E-state index contributed by atoms with van der Waals surface area (Å²) in [5.74, 6) is -0.345. The smallest absolute Gasteiger partial charge is 0.220 e. The van der Waals surface area contributed by atoms with E-state index >= 15 is 0 Å². The average molecular weight is 292 g/mol. The quantitative estimate of drug-likeness (QED) is 0.893. The summed E-state index contributed by atoms with van der Waals surface area (Å²) >= 11 is 5.79. The first-order valence-electron chi connectivity index (χ1n) is 6.39. The second-order valence-corrected chi connectivity index (χ2v) is 4.97. The maximum absolute atomic E-state index is 13.0. The van der Waals surface area contributed by atoms with E-state index in [1.807, 2.05) is 24.3 Å². The van der Waals surface area contributed by atoms with Crippen molar-refractivity contribution in [3.63, 3.8) is 0 Å². The molecular formula is C16H15ClFNO. The normalized spacial score (nSPS) is 10.3. The largest absolute Gasteiger partial charge is 0.352 e. The van der Waals surface area contributed by atoms with Crippen LogP contribution in [0.4, 0.5) is 4.39 Å². The first-order chi connectivity index (χ1) is 9.63. The fourth-order valence-electron chi connectivity index (χ4n) is 1.84. The molecule has 1 N–H and O–H groups in total. The molecule has 0 aliphatic heterocycles. The maximum atomic E-state index is 13.0. The minimum absolute atomic E-state index is 0.0517. The third-order valence-corrected chi connectivity index (χ3v) is 3.18. The van der Waals surface area contributed by atoms with Gasteiger partial charge in [0.1, 0.15) is 5.82 Å². The molecule has 0 saturated heterocycles. The highest BCUT2D eigenvalue weighted by molar-refractivity contribution is 6.30. The lowest BCUT2D eigenvalue weighted by Gasteiger charge is -2.06. The number of nitrogens with one attached hydrogen (secondary N) is 1. The number of carbonyl (C=O) groups excluding carboxylic acids is 1. The Hall–Kier alpha value is -1.87. The van der Waals surface area contributed by atoms with E-state index in [-0.39, 0.29) is 11.7 Å². The van der Waals surface area contributed by atoms with Crippen molar-refractivity contribution < 1.29 is 9.18 Å². The average Bonchev–Trinajstić information content (AvgIpc) is 2.45. The van der Waals surface area contributed by atoms with Gasteiger partial charge in [0.2, 0.25) is 5.91 Å². The number of aryl methyl sites for hydroxylation is 1. The summed E-state index contributed by atoms with van der Waals surface area (Å²) in [5, 5.41) is 3.46. The van der Waals surface area contributed by atoms with E-state index in [0.717, 1.165) is 11.1 Å². The molecule has 104 valence electrons. The van der Waals surface area contributed by atoms with E-state index in [0.29, 0.717) is 24.4 Å². The van der Waals surface area contributed by atoms with Crippen molar-refractivity contribution in [1.82, 2.24) is 5.32 Å². The molecule has 4 heteroatoms. The molecule has 0 radical (unpaired) electrons. The van der Waals surface area contributed by atoms with Gasteiger partial charge >= 0.3 is 0 Å². The van der Waals surface area contributed by atoms with Crippen LogP contribution in [0.1, 0.15) is 17.5 Å². The van der Waals surface area contributed by atoms with Crippen molar-refractivity contribution in [3.8, 4) is 0 Å². The minimum atomic E-state index is -0.294. The molecule has 0 heterocycles. The molecule has 0 spiro atoms. The zero-order valence-corrected chi connectivity index (χ0v) is 11.7. The highest BCUT2D eigenvalue weighted by atomic mass is 35.5. The van der Waals surface area contributed by atoms with Gasteiger partial charge in [-0.1, -0.05) is 35.9 Å². The molecule has 1 amide bonds. The molecule has 20 heavy (non-hydrogen) atoms. The first-order valence-corrected chi connectivity index (χ1v) is 6.77. The lowest BCUT2D eigenvalue weighted by atomic mass is 10.1. The zero-order valence-electron chi connectivity index (χ0n) is 10.9. The van der Waals surface area contributed by atoms with Gasteiger partial charge in [-0.15, -0.1) is 0 Å². The van der Waals surface area contributed by atoms with Crippen LogP contribution in [-0.4, -0.2) is 5.91 Å². The molecule has 0 bridgehead atoms. The maximum Gasteiger partial charge on any atom is 0.220 e. The Bertz CT molecular complexity index is 583. The predicted octanol–water partition coefficient (Wildman–Crippen LogP) is 3.73. The lowest BCUT2D eigenvalue weighted by Crippen LogP contribution is -2.23. The monoisotopic (exact) mass is 291 g/mol. The van der Waals surface area contributed by atoms with Gasteiger partial charge in [0, 0.05) is 18.0 Å². The van der Waals surface area contributed by atoms with Crippen LogP contribution >= 0.6 is 11.6 Å². The van der Waals surface area contributed by atoms with Gasteiger partial charge in [-0.25, -0.2) is 4.39 Å². The Morgan fingerprint density at radius 1 is 1.10 bits per heavy atom. The molecule has 0 fully saturated rings. The summed E-state index contributed by atoms with van der Waals surface area (Å²) in [4.78, 5) is 11.7. The van der Waals surface area contributed by atoms with Gasteiger partial charge in [0.15, 0.2) is 0 Å². The topological polar surface area (TPSA) is 29.1 Å². The van der Waals surface area contributed by atoms with Crippen LogP contribution in [0.15, 0.2) is 48.5 Å². The van der Waals surface area contributed by atoms with Gasteiger partial charge < -0.3 is 5.32 Å². The highest BCUT2D eigenvalue weighted by Gasteiger charge is 2.03. The van der Waals surface area contributed by atoms with Gasteiger partial charge in [0.25, 0.3) is 0 Å². The molecule has 2 aromatic rings. The van der Waals surface area contributed by atoms with Crippen molar-refractivity contribution in [2.24, 2.45) is 0 Å². The van der Waals surface area contributed by atoms with E-state index in [9.17, 15) is 9.18 Å². The second kappa shape index (κ2) is 7.06. The van der Waals surface area contributed by atoms with Crippen LogP contribution in [0.25, 0.3) is 0 Å². The van der Waals surface area contributed by atoms with Crippen molar-refractivity contribution >= 4 is 17.5 Å². The van der Waals surface area contributed by atoms with Gasteiger partial charge in [-0.05, 0) is 41.8 Å². The Kier molecular flexibility index (Phi) is 5.13. The summed E-state index contributed by atoms with van der Waals surface area (Å²) < 4.78 is 13.0. The predicted molar refractivity (Wildman–Crippen MR) is 78.0 cm³/mol.